The molecule has 190 valence electrons. The van der Waals surface area contributed by atoms with Gasteiger partial charge >= 0.3 is 0 Å². The average molecular weight is 500 g/mol. The fourth-order valence-corrected chi connectivity index (χ4v) is 7.26. The van der Waals surface area contributed by atoms with Crippen molar-refractivity contribution in [3.05, 3.63) is 45.8 Å². The van der Waals surface area contributed by atoms with E-state index < -0.39 is 10.0 Å². The van der Waals surface area contributed by atoms with Crippen molar-refractivity contribution >= 4 is 28.1 Å². The molecule has 7 nitrogen and oxygen atoms in total. The van der Waals surface area contributed by atoms with E-state index in [1.165, 1.54) is 16.3 Å². The summed E-state index contributed by atoms with van der Waals surface area (Å²) in [5, 5.41) is 7.14. The van der Waals surface area contributed by atoms with Crippen LogP contribution in [-0.2, 0) is 14.8 Å². The van der Waals surface area contributed by atoms with Gasteiger partial charge < -0.3 is 9.84 Å². The number of benzene rings is 1. The van der Waals surface area contributed by atoms with Crippen LogP contribution >= 0.6 is 0 Å². The number of amides is 1. The van der Waals surface area contributed by atoms with E-state index in [9.17, 15) is 13.2 Å². The number of carbonyl (C=O) groups excluding carboxylic acids is 1. The molecule has 1 aliphatic carbocycles. The number of hydrogen-bond acceptors (Lipinski definition) is 5. The van der Waals surface area contributed by atoms with Crippen LogP contribution in [0.2, 0.25) is 0 Å². The Balaban J connectivity index is 1.54. The van der Waals surface area contributed by atoms with Crippen LogP contribution in [0.5, 0.6) is 0 Å². The maximum atomic E-state index is 13.7. The van der Waals surface area contributed by atoms with Crippen molar-refractivity contribution in [1.82, 2.24) is 14.8 Å². The molecule has 1 atom stereocenters. The zero-order valence-electron chi connectivity index (χ0n) is 21.3. The Morgan fingerprint density at radius 1 is 1.03 bits per heavy atom. The minimum absolute atomic E-state index is 0.0238. The highest BCUT2D eigenvalue weighted by Gasteiger charge is 2.37. The fourth-order valence-electron chi connectivity index (χ4n) is 5.48. The molecule has 1 aliphatic heterocycles. The Kier molecular flexibility index (Phi) is 7.81. The van der Waals surface area contributed by atoms with Gasteiger partial charge in [-0.25, -0.2) is 8.42 Å². The van der Waals surface area contributed by atoms with Crippen LogP contribution in [0.15, 0.2) is 21.6 Å². The number of sulfonamides is 1. The number of carbonyl (C=O) groups is 1. The lowest BCUT2D eigenvalue weighted by Gasteiger charge is -2.32. The molecule has 1 unspecified atom stereocenters. The van der Waals surface area contributed by atoms with Crippen LogP contribution in [0.4, 0.5) is 0 Å². The molecule has 8 heteroatoms. The van der Waals surface area contributed by atoms with Crippen molar-refractivity contribution in [3.8, 4) is 0 Å². The first-order chi connectivity index (χ1) is 16.7. The van der Waals surface area contributed by atoms with Gasteiger partial charge in [0, 0.05) is 19.1 Å². The van der Waals surface area contributed by atoms with E-state index in [-0.39, 0.29) is 35.1 Å². The second-order valence-corrected chi connectivity index (χ2v) is 12.0. The third kappa shape index (κ3) is 5.70. The first-order valence-corrected chi connectivity index (χ1v) is 14.1. The molecule has 0 spiro atoms. The number of piperidine rings is 1. The van der Waals surface area contributed by atoms with E-state index in [1.807, 2.05) is 19.9 Å². The van der Waals surface area contributed by atoms with Gasteiger partial charge in [0.05, 0.1) is 5.92 Å². The van der Waals surface area contributed by atoms with Crippen LogP contribution in [0.1, 0.15) is 78.7 Å². The average Bonchev–Trinajstić information content (AvgIpc) is 3.20. The first-order valence-electron chi connectivity index (χ1n) is 12.7. The lowest BCUT2D eigenvalue weighted by atomic mass is 9.93. The summed E-state index contributed by atoms with van der Waals surface area (Å²) in [6, 6.07) is 4.42. The van der Waals surface area contributed by atoms with Gasteiger partial charge in [-0.2, -0.15) is 4.31 Å². The number of rotatable bonds is 6. The summed E-state index contributed by atoms with van der Waals surface area (Å²) in [4.78, 5) is 13.0. The van der Waals surface area contributed by atoms with Crippen LogP contribution in [-0.4, -0.2) is 42.9 Å². The van der Waals surface area contributed by atoms with Gasteiger partial charge in [0.25, 0.3) is 0 Å². The molecule has 1 aromatic carbocycles. The first kappa shape index (κ1) is 25.6. The number of hydrogen-bond donors (Lipinski definition) is 1. The molecule has 2 aromatic rings. The SMILES string of the molecule is Cc1cc(C)c(C=Cc2onc(C)c2S(=O)(=O)N2CCCC(C(=O)NC3CCCCC3)C2)c(C)c1. The van der Waals surface area contributed by atoms with E-state index in [1.54, 1.807) is 13.0 Å². The molecular formula is C27H37N3O4S. The largest absolute Gasteiger partial charge is 0.355 e. The lowest BCUT2D eigenvalue weighted by molar-refractivity contribution is -0.127. The third-order valence-electron chi connectivity index (χ3n) is 7.28. The highest BCUT2D eigenvalue weighted by Crippen LogP contribution is 2.30. The van der Waals surface area contributed by atoms with Crippen molar-refractivity contribution in [2.45, 2.75) is 83.6 Å². The summed E-state index contributed by atoms with van der Waals surface area (Å²) in [7, 11) is -3.87. The fraction of sp³-hybridized carbons (Fsp3) is 0.556. The van der Waals surface area contributed by atoms with Crippen LogP contribution in [0.3, 0.4) is 0 Å². The maximum absolute atomic E-state index is 13.7. The smallest absolute Gasteiger partial charge is 0.248 e. The molecule has 1 amide bonds. The molecule has 1 N–H and O–H groups in total. The zero-order chi connectivity index (χ0) is 25.2. The van der Waals surface area contributed by atoms with Gasteiger partial charge in [0.2, 0.25) is 15.9 Å². The monoisotopic (exact) mass is 499 g/mol. The number of nitrogens with zero attached hydrogens (tertiary/aromatic N) is 2. The maximum Gasteiger partial charge on any atom is 0.248 e. The molecular weight excluding hydrogens is 462 g/mol. The summed E-state index contributed by atoms with van der Waals surface area (Å²) in [6.07, 6.45) is 10.5. The van der Waals surface area contributed by atoms with E-state index in [2.05, 4.69) is 29.5 Å². The van der Waals surface area contributed by atoms with E-state index in [0.717, 1.165) is 42.4 Å². The van der Waals surface area contributed by atoms with E-state index >= 15 is 0 Å². The van der Waals surface area contributed by atoms with Gasteiger partial charge in [-0.05, 0) is 76.1 Å². The second kappa shape index (κ2) is 10.7. The Hall–Kier alpha value is -2.45. The second-order valence-electron chi connectivity index (χ2n) is 10.2. The predicted molar refractivity (Wildman–Crippen MR) is 137 cm³/mol. The van der Waals surface area contributed by atoms with Crippen LogP contribution < -0.4 is 5.32 Å². The molecule has 1 aromatic heterocycles. The quantitative estimate of drug-likeness (QED) is 0.608. The molecule has 35 heavy (non-hydrogen) atoms. The molecule has 1 saturated heterocycles. The molecule has 0 bridgehead atoms. The summed E-state index contributed by atoms with van der Waals surface area (Å²) < 4.78 is 34.3. The van der Waals surface area contributed by atoms with Crippen molar-refractivity contribution < 1.29 is 17.7 Å². The Morgan fingerprint density at radius 3 is 2.40 bits per heavy atom. The van der Waals surface area contributed by atoms with Crippen molar-refractivity contribution in [1.29, 1.82) is 0 Å². The third-order valence-corrected chi connectivity index (χ3v) is 9.30. The van der Waals surface area contributed by atoms with E-state index in [4.69, 9.17) is 4.52 Å². The minimum Gasteiger partial charge on any atom is -0.355 e. The summed E-state index contributed by atoms with van der Waals surface area (Å²) in [5.74, 6) is -0.141. The topological polar surface area (TPSA) is 92.5 Å². The van der Waals surface area contributed by atoms with Gasteiger partial charge in [0.1, 0.15) is 5.69 Å². The molecule has 0 radical (unpaired) electrons. The Bertz CT molecular complexity index is 1190. The predicted octanol–water partition coefficient (Wildman–Crippen LogP) is 4.93. The zero-order valence-corrected chi connectivity index (χ0v) is 22.1. The molecule has 2 aliphatic rings. The van der Waals surface area contributed by atoms with E-state index in [0.29, 0.717) is 25.1 Å². The molecule has 2 fully saturated rings. The van der Waals surface area contributed by atoms with Gasteiger partial charge in [-0.1, -0.05) is 48.2 Å². The van der Waals surface area contributed by atoms with Crippen LogP contribution in [0, 0.1) is 33.6 Å². The number of nitrogens with one attached hydrogen (secondary N) is 1. The van der Waals surface area contributed by atoms with Crippen LogP contribution in [0.25, 0.3) is 12.2 Å². The van der Waals surface area contributed by atoms with Crippen molar-refractivity contribution in [2.24, 2.45) is 5.92 Å². The molecule has 4 rings (SSSR count). The highest BCUT2D eigenvalue weighted by atomic mass is 32.2. The van der Waals surface area contributed by atoms with Gasteiger partial charge in [-0.15, -0.1) is 0 Å². The summed E-state index contributed by atoms with van der Waals surface area (Å²) in [5.41, 5.74) is 4.77. The number of aryl methyl sites for hydroxylation is 4. The summed E-state index contributed by atoms with van der Waals surface area (Å²) >= 11 is 0. The van der Waals surface area contributed by atoms with Crippen molar-refractivity contribution in [2.75, 3.05) is 13.1 Å². The van der Waals surface area contributed by atoms with Crippen molar-refractivity contribution in [3.63, 3.8) is 0 Å². The molecule has 2 heterocycles. The standard InChI is InChI=1S/C27H37N3O4S/c1-18-15-19(2)24(20(3)16-18)12-13-25-26(21(4)29-34-25)35(32,33)30-14-8-9-22(17-30)27(31)28-23-10-6-5-7-11-23/h12-13,15-16,22-23H,5-11,14,17H2,1-4H3,(H,28,31). The Labute approximate surface area is 209 Å². The summed E-state index contributed by atoms with van der Waals surface area (Å²) in [6.45, 7) is 8.35. The lowest BCUT2D eigenvalue weighted by Crippen LogP contribution is -2.48. The van der Waals surface area contributed by atoms with Gasteiger partial charge in [0.15, 0.2) is 10.7 Å². The minimum atomic E-state index is -3.87. The normalized spacial score (nSPS) is 20.4. The van der Waals surface area contributed by atoms with Gasteiger partial charge in [-0.3, -0.25) is 4.79 Å². The molecule has 1 saturated carbocycles. The Morgan fingerprint density at radius 2 is 1.71 bits per heavy atom. The highest BCUT2D eigenvalue weighted by molar-refractivity contribution is 7.89. The number of aromatic nitrogens is 1.